The normalized spacial score (nSPS) is 24.7. The zero-order chi connectivity index (χ0) is 24.2. The number of piperidine rings is 2. The quantitative estimate of drug-likeness (QED) is 0.624. The van der Waals surface area contributed by atoms with E-state index in [4.69, 9.17) is 16.1 Å². The van der Waals surface area contributed by atoms with Crippen molar-refractivity contribution in [3.8, 4) is 11.4 Å². The van der Waals surface area contributed by atoms with Crippen molar-refractivity contribution in [3.05, 3.63) is 29.3 Å². The van der Waals surface area contributed by atoms with E-state index < -0.39 is 0 Å². The zero-order valence-electron chi connectivity index (χ0n) is 20.7. The van der Waals surface area contributed by atoms with Crippen LogP contribution < -0.4 is 10.2 Å². The lowest BCUT2D eigenvalue weighted by Gasteiger charge is -2.32. The number of hydrogen-bond acceptors (Lipinski definition) is 7. The highest BCUT2D eigenvalue weighted by Crippen LogP contribution is 2.26. The highest BCUT2D eigenvalue weighted by atomic mass is 35.5. The number of rotatable bonds is 7. The molecule has 2 aromatic rings. The second-order valence-electron chi connectivity index (χ2n) is 10.6. The van der Waals surface area contributed by atoms with Crippen molar-refractivity contribution in [2.45, 2.75) is 32.1 Å². The van der Waals surface area contributed by atoms with Gasteiger partial charge in [-0.1, -0.05) is 16.8 Å². The number of hydrogen-bond donors (Lipinski definition) is 1. The summed E-state index contributed by atoms with van der Waals surface area (Å²) in [5, 5.41) is 8.04. The van der Waals surface area contributed by atoms with Gasteiger partial charge in [-0.25, -0.2) is 0 Å². The van der Waals surface area contributed by atoms with E-state index in [-0.39, 0.29) is 11.8 Å². The molecule has 0 unspecified atom stereocenters. The molecule has 2 atom stereocenters. The maximum atomic E-state index is 12.8. The molecule has 8 nitrogen and oxygen atoms in total. The monoisotopic (exact) mass is 500 g/mol. The van der Waals surface area contributed by atoms with Crippen LogP contribution in [0.1, 0.15) is 32.1 Å². The van der Waals surface area contributed by atoms with Crippen molar-refractivity contribution >= 4 is 23.5 Å². The van der Waals surface area contributed by atoms with E-state index in [1.54, 1.807) is 0 Å². The van der Waals surface area contributed by atoms with Gasteiger partial charge in [-0.2, -0.15) is 4.98 Å². The Morgan fingerprint density at radius 2 is 1.86 bits per heavy atom. The van der Waals surface area contributed by atoms with Crippen LogP contribution in [-0.4, -0.2) is 85.3 Å². The molecule has 5 rings (SSSR count). The number of likely N-dealkylation sites (tertiary alicyclic amines) is 2. The summed E-state index contributed by atoms with van der Waals surface area (Å²) in [6, 6.07) is 7.91. The summed E-state index contributed by atoms with van der Waals surface area (Å²) >= 11 is 5.96. The number of nitrogens with zero attached hydrogens (tertiary/aromatic N) is 5. The van der Waals surface area contributed by atoms with E-state index in [2.05, 4.69) is 37.2 Å². The van der Waals surface area contributed by atoms with E-state index in [0.717, 1.165) is 50.5 Å². The summed E-state index contributed by atoms with van der Waals surface area (Å²) in [4.78, 5) is 24.5. The van der Waals surface area contributed by atoms with Gasteiger partial charge in [-0.15, -0.1) is 0 Å². The van der Waals surface area contributed by atoms with E-state index in [1.807, 2.05) is 24.3 Å². The molecule has 1 amide bonds. The molecule has 3 aliphatic heterocycles. The molecule has 0 radical (unpaired) electrons. The molecule has 1 N–H and O–H groups in total. The molecule has 35 heavy (non-hydrogen) atoms. The molecule has 3 saturated heterocycles. The predicted octanol–water partition coefficient (Wildman–Crippen LogP) is 3.39. The largest absolute Gasteiger partial charge is 0.356 e. The third kappa shape index (κ3) is 6.35. The van der Waals surface area contributed by atoms with Crippen LogP contribution in [0.15, 0.2) is 28.8 Å². The minimum atomic E-state index is 0.0557. The Labute approximate surface area is 213 Å². The first-order valence-electron chi connectivity index (χ1n) is 13.1. The van der Waals surface area contributed by atoms with E-state index in [9.17, 15) is 4.79 Å². The maximum absolute atomic E-state index is 12.8. The van der Waals surface area contributed by atoms with Crippen molar-refractivity contribution in [3.63, 3.8) is 0 Å². The number of amides is 1. The molecule has 190 valence electrons. The Hall–Kier alpha value is -2.16. The Morgan fingerprint density at radius 3 is 2.63 bits per heavy atom. The molecular formula is C26H37ClN6O2. The fourth-order valence-corrected chi connectivity index (χ4v) is 5.94. The fraction of sp³-hybridized carbons (Fsp3) is 0.654. The van der Waals surface area contributed by atoms with E-state index in [0.29, 0.717) is 22.8 Å². The number of halogens is 1. The smallest absolute Gasteiger partial charge is 0.324 e. The molecule has 0 bridgehead atoms. The molecule has 9 heteroatoms. The number of carbonyl (C=O) groups is 1. The number of carbonyl (C=O) groups excluding carboxylic acids is 1. The van der Waals surface area contributed by atoms with Crippen LogP contribution in [-0.2, 0) is 4.79 Å². The van der Waals surface area contributed by atoms with Gasteiger partial charge in [0.2, 0.25) is 11.7 Å². The predicted molar refractivity (Wildman–Crippen MR) is 137 cm³/mol. The summed E-state index contributed by atoms with van der Waals surface area (Å²) in [7, 11) is 2.24. The van der Waals surface area contributed by atoms with Crippen LogP contribution in [0.25, 0.3) is 11.4 Å². The summed E-state index contributed by atoms with van der Waals surface area (Å²) in [5.41, 5.74) is 0.871. The van der Waals surface area contributed by atoms with Crippen LogP contribution in [0.2, 0.25) is 5.02 Å². The number of anilines is 1. The van der Waals surface area contributed by atoms with E-state index >= 15 is 0 Å². The second-order valence-corrected chi connectivity index (χ2v) is 11.0. The van der Waals surface area contributed by atoms with Crippen molar-refractivity contribution in [2.24, 2.45) is 17.8 Å². The molecule has 1 aromatic heterocycles. The van der Waals surface area contributed by atoms with Crippen molar-refractivity contribution in [1.29, 1.82) is 0 Å². The highest BCUT2D eigenvalue weighted by Gasteiger charge is 2.30. The first kappa shape index (κ1) is 24.5. The van der Waals surface area contributed by atoms with Crippen LogP contribution in [0.3, 0.4) is 0 Å². The molecule has 0 aliphatic carbocycles. The first-order chi connectivity index (χ1) is 17.0. The van der Waals surface area contributed by atoms with Crippen molar-refractivity contribution in [1.82, 2.24) is 25.3 Å². The lowest BCUT2D eigenvalue weighted by Crippen LogP contribution is -2.42. The third-order valence-electron chi connectivity index (χ3n) is 7.83. The lowest BCUT2D eigenvalue weighted by molar-refractivity contribution is -0.125. The van der Waals surface area contributed by atoms with Crippen LogP contribution >= 0.6 is 11.6 Å². The average molecular weight is 501 g/mol. The SMILES string of the molecule is CN1CCC[C@H](CN2CC[C@@H](CNC(=O)C3CCN(c4nc(-c5ccc(Cl)cc5)no4)CC3)C2)C1. The van der Waals surface area contributed by atoms with Gasteiger partial charge < -0.3 is 24.5 Å². The van der Waals surface area contributed by atoms with Crippen molar-refractivity contribution < 1.29 is 9.32 Å². The minimum absolute atomic E-state index is 0.0557. The van der Waals surface area contributed by atoms with Crippen molar-refractivity contribution in [2.75, 3.05) is 64.3 Å². The average Bonchev–Trinajstić information content (AvgIpc) is 3.53. The van der Waals surface area contributed by atoms with Crippen LogP contribution in [0, 0.1) is 17.8 Å². The van der Waals surface area contributed by atoms with Crippen LogP contribution in [0.5, 0.6) is 0 Å². The standard InChI is InChI=1S/C26H37ClN6O2/c1-31-11-2-3-20(16-31)18-32-12-8-19(17-32)15-28-25(34)22-9-13-33(14-10-22)26-29-24(30-35-26)21-4-6-23(27)7-5-21/h4-7,19-20,22H,2-3,8-18H2,1H3,(H,28,34)/t19-,20-/m0/s1. The summed E-state index contributed by atoms with van der Waals surface area (Å²) in [5.74, 6) is 2.18. The lowest BCUT2D eigenvalue weighted by atomic mass is 9.96. The fourth-order valence-electron chi connectivity index (χ4n) is 5.82. The van der Waals surface area contributed by atoms with Crippen LogP contribution in [0.4, 0.5) is 6.01 Å². The third-order valence-corrected chi connectivity index (χ3v) is 8.08. The van der Waals surface area contributed by atoms with E-state index in [1.165, 1.54) is 45.4 Å². The van der Waals surface area contributed by atoms with Gasteiger partial charge in [0.1, 0.15) is 0 Å². The van der Waals surface area contributed by atoms with Gasteiger partial charge in [0.15, 0.2) is 0 Å². The Balaban J connectivity index is 1.03. The Kier molecular flexibility index (Phi) is 7.90. The van der Waals surface area contributed by atoms with Gasteiger partial charge in [-0.05, 0) is 88.3 Å². The van der Waals surface area contributed by atoms with Gasteiger partial charge in [0.05, 0.1) is 0 Å². The maximum Gasteiger partial charge on any atom is 0.324 e. The highest BCUT2D eigenvalue weighted by molar-refractivity contribution is 6.30. The molecule has 0 saturated carbocycles. The zero-order valence-corrected chi connectivity index (χ0v) is 21.4. The first-order valence-corrected chi connectivity index (χ1v) is 13.4. The number of nitrogens with one attached hydrogen (secondary N) is 1. The molecular weight excluding hydrogens is 464 g/mol. The molecule has 3 fully saturated rings. The second kappa shape index (κ2) is 11.3. The molecule has 4 heterocycles. The Morgan fingerprint density at radius 1 is 1.06 bits per heavy atom. The number of aromatic nitrogens is 2. The summed E-state index contributed by atoms with van der Waals surface area (Å²) in [6.07, 6.45) is 5.47. The summed E-state index contributed by atoms with van der Waals surface area (Å²) in [6.45, 7) is 8.25. The minimum Gasteiger partial charge on any atom is -0.356 e. The van der Waals surface area contributed by atoms with Gasteiger partial charge in [0, 0.05) is 55.8 Å². The van der Waals surface area contributed by atoms with Gasteiger partial charge >= 0.3 is 6.01 Å². The van der Waals surface area contributed by atoms with Gasteiger partial charge in [-0.3, -0.25) is 4.79 Å². The molecule has 1 aromatic carbocycles. The Bertz CT molecular complexity index is 974. The topological polar surface area (TPSA) is 77.7 Å². The van der Waals surface area contributed by atoms with Gasteiger partial charge in [0.25, 0.3) is 0 Å². The molecule has 3 aliphatic rings. The number of benzene rings is 1. The summed E-state index contributed by atoms with van der Waals surface area (Å²) < 4.78 is 5.49. The molecule has 0 spiro atoms.